The molecule has 1 heterocycles. The highest BCUT2D eigenvalue weighted by Crippen LogP contribution is 2.21. The Bertz CT molecular complexity index is 769. The zero-order valence-corrected chi connectivity index (χ0v) is 15.7. The van der Waals surface area contributed by atoms with Crippen LogP contribution >= 0.6 is 0 Å². The van der Waals surface area contributed by atoms with Crippen molar-refractivity contribution in [1.29, 1.82) is 0 Å². The number of carbonyl (C=O) groups is 2. The molecule has 6 nitrogen and oxygen atoms in total. The third-order valence-corrected chi connectivity index (χ3v) is 4.74. The Balaban J connectivity index is 1.63. The number of hydrogen-bond donors (Lipinski definition) is 2. The van der Waals surface area contributed by atoms with Gasteiger partial charge in [0.25, 0.3) is 5.91 Å². The molecule has 148 valence electrons. The lowest BCUT2D eigenvalue weighted by Gasteiger charge is -2.23. The predicted octanol–water partition coefficient (Wildman–Crippen LogP) is 3.58. The quantitative estimate of drug-likeness (QED) is 0.728. The molecule has 2 aromatic carbocycles. The van der Waals surface area contributed by atoms with Gasteiger partial charge in [0.1, 0.15) is 11.9 Å². The van der Waals surface area contributed by atoms with Gasteiger partial charge < -0.3 is 19.9 Å². The maximum Gasteiger partial charge on any atom is 0.303 e. The van der Waals surface area contributed by atoms with Crippen molar-refractivity contribution in [3.63, 3.8) is 0 Å². The fourth-order valence-electron chi connectivity index (χ4n) is 3.19. The van der Waals surface area contributed by atoms with Crippen LogP contribution in [0, 0.1) is 0 Å². The van der Waals surface area contributed by atoms with Crippen LogP contribution in [0.25, 0.3) is 0 Å². The van der Waals surface area contributed by atoms with Crippen LogP contribution in [-0.4, -0.2) is 36.3 Å². The summed E-state index contributed by atoms with van der Waals surface area (Å²) in [5.74, 6) is -0.393. The van der Waals surface area contributed by atoms with Crippen LogP contribution in [0.2, 0.25) is 0 Å². The molecule has 0 bridgehead atoms. The molecule has 0 aliphatic carbocycles. The summed E-state index contributed by atoms with van der Waals surface area (Å²) in [5.41, 5.74) is 1.40. The van der Waals surface area contributed by atoms with Gasteiger partial charge in [0.2, 0.25) is 0 Å². The number of hydrogen-bond acceptors (Lipinski definition) is 4. The number of carbonyl (C=O) groups excluding carboxylic acids is 1. The maximum absolute atomic E-state index is 12.7. The van der Waals surface area contributed by atoms with E-state index in [1.807, 2.05) is 30.3 Å². The lowest BCUT2D eigenvalue weighted by atomic mass is 10.0. The predicted molar refractivity (Wildman–Crippen MR) is 104 cm³/mol. The Hall–Kier alpha value is -2.86. The van der Waals surface area contributed by atoms with Crippen LogP contribution < -0.4 is 10.1 Å². The highest BCUT2D eigenvalue weighted by Gasteiger charge is 2.18. The monoisotopic (exact) mass is 383 g/mol. The molecule has 0 radical (unpaired) electrons. The van der Waals surface area contributed by atoms with Gasteiger partial charge in [-0.1, -0.05) is 30.3 Å². The summed E-state index contributed by atoms with van der Waals surface area (Å²) in [6.07, 6.45) is 2.19. The van der Waals surface area contributed by atoms with Crippen molar-refractivity contribution < 1.29 is 24.2 Å². The van der Waals surface area contributed by atoms with Crippen molar-refractivity contribution in [2.24, 2.45) is 0 Å². The fourth-order valence-corrected chi connectivity index (χ4v) is 3.19. The molecule has 1 amide bonds. The lowest BCUT2D eigenvalue weighted by molar-refractivity contribution is -0.137. The average Bonchev–Trinajstić information content (AvgIpc) is 2.73. The second kappa shape index (κ2) is 9.90. The third-order valence-electron chi connectivity index (χ3n) is 4.74. The van der Waals surface area contributed by atoms with E-state index in [0.29, 0.717) is 25.2 Å². The SMILES string of the molecule is O=C(O)CCC(NC(=O)c1ccc(OC2CCOCC2)cc1)c1ccccc1. The van der Waals surface area contributed by atoms with Crippen LogP contribution in [0.15, 0.2) is 54.6 Å². The highest BCUT2D eigenvalue weighted by atomic mass is 16.5. The van der Waals surface area contributed by atoms with E-state index >= 15 is 0 Å². The van der Waals surface area contributed by atoms with Crippen LogP contribution in [0.4, 0.5) is 0 Å². The second-order valence-corrected chi connectivity index (χ2v) is 6.82. The number of nitrogens with one attached hydrogen (secondary N) is 1. The van der Waals surface area contributed by atoms with Gasteiger partial charge in [0.05, 0.1) is 19.3 Å². The molecule has 2 aromatic rings. The van der Waals surface area contributed by atoms with Crippen LogP contribution in [0.1, 0.15) is 47.6 Å². The molecule has 6 heteroatoms. The minimum atomic E-state index is -0.884. The van der Waals surface area contributed by atoms with E-state index in [0.717, 1.165) is 24.2 Å². The van der Waals surface area contributed by atoms with Gasteiger partial charge in [-0.25, -0.2) is 0 Å². The van der Waals surface area contributed by atoms with E-state index in [2.05, 4.69) is 5.32 Å². The van der Waals surface area contributed by atoms with Crippen LogP contribution in [0.3, 0.4) is 0 Å². The number of carboxylic acid groups (broad SMARTS) is 1. The fraction of sp³-hybridized carbons (Fsp3) is 0.364. The Kier molecular flexibility index (Phi) is 7.03. The summed E-state index contributed by atoms with van der Waals surface area (Å²) >= 11 is 0. The zero-order chi connectivity index (χ0) is 19.8. The van der Waals surface area contributed by atoms with Crippen molar-refractivity contribution in [2.45, 2.75) is 37.8 Å². The molecule has 1 aliphatic heterocycles. The number of rotatable bonds is 8. The number of carboxylic acids is 1. The first-order chi connectivity index (χ1) is 13.6. The van der Waals surface area contributed by atoms with Crippen molar-refractivity contribution >= 4 is 11.9 Å². The summed E-state index contributed by atoms with van der Waals surface area (Å²) in [4.78, 5) is 23.6. The Morgan fingerprint density at radius 3 is 2.39 bits per heavy atom. The van der Waals surface area contributed by atoms with Crippen molar-refractivity contribution in [3.05, 3.63) is 65.7 Å². The molecular weight excluding hydrogens is 358 g/mol. The van der Waals surface area contributed by atoms with Gasteiger partial charge in [-0.2, -0.15) is 0 Å². The normalized spacial score (nSPS) is 15.6. The van der Waals surface area contributed by atoms with E-state index in [4.69, 9.17) is 14.6 Å². The molecule has 1 atom stereocenters. The number of benzene rings is 2. The molecule has 0 saturated carbocycles. The molecular formula is C22H25NO5. The first-order valence-electron chi connectivity index (χ1n) is 9.54. The first kappa shape index (κ1) is 19.9. The molecule has 2 N–H and O–H groups in total. The summed E-state index contributed by atoms with van der Waals surface area (Å²) in [7, 11) is 0. The van der Waals surface area contributed by atoms with Gasteiger partial charge in [-0.3, -0.25) is 9.59 Å². The number of amides is 1. The van der Waals surface area contributed by atoms with Crippen LogP contribution in [-0.2, 0) is 9.53 Å². The van der Waals surface area contributed by atoms with Gasteiger partial charge in [-0.05, 0) is 36.2 Å². The van der Waals surface area contributed by atoms with Crippen molar-refractivity contribution in [2.75, 3.05) is 13.2 Å². The summed E-state index contributed by atoms with van der Waals surface area (Å²) < 4.78 is 11.3. The number of aliphatic carboxylic acids is 1. The smallest absolute Gasteiger partial charge is 0.303 e. The Morgan fingerprint density at radius 1 is 1.07 bits per heavy atom. The van der Waals surface area contributed by atoms with Crippen LogP contribution in [0.5, 0.6) is 5.75 Å². The standard InChI is InChI=1S/C22H25NO5/c24-21(25)11-10-20(16-4-2-1-3-5-16)23-22(26)17-6-8-18(9-7-17)28-19-12-14-27-15-13-19/h1-9,19-20H,10-15H2,(H,23,26)(H,24,25). The Labute approximate surface area is 164 Å². The topological polar surface area (TPSA) is 84.9 Å². The molecule has 28 heavy (non-hydrogen) atoms. The maximum atomic E-state index is 12.7. The molecule has 0 aromatic heterocycles. The Morgan fingerprint density at radius 2 is 1.75 bits per heavy atom. The number of ether oxygens (including phenoxy) is 2. The average molecular weight is 383 g/mol. The highest BCUT2D eigenvalue weighted by molar-refractivity contribution is 5.94. The first-order valence-corrected chi connectivity index (χ1v) is 9.54. The van der Waals surface area contributed by atoms with E-state index < -0.39 is 5.97 Å². The van der Waals surface area contributed by atoms with E-state index in [9.17, 15) is 9.59 Å². The summed E-state index contributed by atoms with van der Waals surface area (Å²) in [6.45, 7) is 1.42. The largest absolute Gasteiger partial charge is 0.490 e. The zero-order valence-electron chi connectivity index (χ0n) is 15.7. The van der Waals surface area contributed by atoms with E-state index in [1.165, 1.54) is 0 Å². The van der Waals surface area contributed by atoms with Gasteiger partial charge in [-0.15, -0.1) is 0 Å². The summed E-state index contributed by atoms with van der Waals surface area (Å²) in [5, 5.41) is 11.9. The lowest BCUT2D eigenvalue weighted by Crippen LogP contribution is -2.29. The molecule has 1 aliphatic rings. The second-order valence-electron chi connectivity index (χ2n) is 6.82. The third kappa shape index (κ3) is 5.82. The summed E-state index contributed by atoms with van der Waals surface area (Å²) in [6, 6.07) is 16.1. The van der Waals surface area contributed by atoms with E-state index in [-0.39, 0.29) is 24.5 Å². The van der Waals surface area contributed by atoms with Gasteiger partial charge in [0.15, 0.2) is 0 Å². The van der Waals surface area contributed by atoms with Gasteiger partial charge in [0, 0.05) is 24.8 Å². The molecule has 3 rings (SSSR count). The van der Waals surface area contributed by atoms with Crippen molar-refractivity contribution in [3.8, 4) is 5.75 Å². The minimum Gasteiger partial charge on any atom is -0.490 e. The minimum absolute atomic E-state index is 0.0161. The molecule has 1 unspecified atom stereocenters. The molecule has 0 spiro atoms. The molecule has 1 fully saturated rings. The van der Waals surface area contributed by atoms with E-state index in [1.54, 1.807) is 24.3 Å². The van der Waals surface area contributed by atoms with Crippen molar-refractivity contribution in [1.82, 2.24) is 5.32 Å². The van der Waals surface area contributed by atoms with Gasteiger partial charge >= 0.3 is 5.97 Å². The molecule has 1 saturated heterocycles.